The Bertz CT molecular complexity index is 572. The molecule has 0 aliphatic carbocycles. The van der Waals surface area contributed by atoms with Gasteiger partial charge in [-0.15, -0.1) is 12.4 Å². The maximum Gasteiger partial charge on any atom is 0.323 e. The van der Waals surface area contributed by atoms with Crippen LogP contribution >= 0.6 is 12.4 Å². The number of nitrogens with two attached hydrogens (primary N) is 2. The van der Waals surface area contributed by atoms with E-state index in [0.29, 0.717) is 0 Å². The zero-order chi connectivity index (χ0) is 18.6. The van der Waals surface area contributed by atoms with Gasteiger partial charge in [0.15, 0.2) is 18.2 Å². The van der Waals surface area contributed by atoms with Crippen molar-refractivity contribution in [1.29, 1.82) is 0 Å². The molecule has 0 aromatic rings. The third-order valence-electron chi connectivity index (χ3n) is 3.85. The topological polar surface area (TPSA) is 165 Å². The Balaban J connectivity index is 0.00000338. The third kappa shape index (κ3) is 5.27. The minimum absolute atomic E-state index is 0. The Hall–Kier alpha value is -1.95. The summed E-state index contributed by atoms with van der Waals surface area (Å²) in [6.07, 6.45) is 0.103. The van der Waals surface area contributed by atoms with Crippen LogP contribution in [0.5, 0.6) is 0 Å². The van der Waals surface area contributed by atoms with Crippen LogP contribution in [0.4, 0.5) is 0 Å². The number of hydrogen-bond acceptors (Lipinski definition) is 10. The van der Waals surface area contributed by atoms with E-state index >= 15 is 0 Å². The Morgan fingerprint density at radius 3 is 2.81 bits per heavy atom. The molecule has 3 unspecified atom stereocenters. The van der Waals surface area contributed by atoms with Crippen molar-refractivity contribution in [3.63, 3.8) is 0 Å². The van der Waals surface area contributed by atoms with Gasteiger partial charge in [-0.05, 0) is 5.92 Å². The molecule has 2 aliphatic heterocycles. The molecular formula is C14H25ClN6O5. The van der Waals surface area contributed by atoms with Gasteiger partial charge in [-0.2, -0.15) is 0 Å². The van der Waals surface area contributed by atoms with Crippen molar-refractivity contribution >= 4 is 36.6 Å². The molecule has 0 saturated heterocycles. The van der Waals surface area contributed by atoms with Crippen LogP contribution in [0.1, 0.15) is 13.8 Å². The molecule has 2 aliphatic rings. The summed E-state index contributed by atoms with van der Waals surface area (Å²) in [5.74, 6) is -0.940. The van der Waals surface area contributed by atoms with E-state index in [1.807, 2.05) is 13.8 Å². The molecule has 6 N–H and O–H groups in total. The van der Waals surface area contributed by atoms with Gasteiger partial charge in [0.25, 0.3) is 5.91 Å². The largest absolute Gasteiger partial charge is 0.462 e. The number of carbonyl (C=O) groups excluding carboxylic acids is 2. The molecule has 0 saturated carbocycles. The van der Waals surface area contributed by atoms with Gasteiger partial charge >= 0.3 is 5.97 Å². The van der Waals surface area contributed by atoms with Crippen LogP contribution < -0.4 is 16.8 Å². The highest BCUT2D eigenvalue weighted by atomic mass is 35.5. The lowest BCUT2D eigenvalue weighted by molar-refractivity contribution is -0.153. The number of halogens is 1. The number of ether oxygens (including phenoxy) is 2. The SMILES string of the molecule is CC(C)[C@H](N)C(=O)OCC(CO)OCN1C=NC2C(=O)NC(N)=NC21.Cl. The summed E-state index contributed by atoms with van der Waals surface area (Å²) in [5, 5.41) is 11.8. The van der Waals surface area contributed by atoms with Crippen LogP contribution in [-0.4, -0.2) is 78.5 Å². The molecule has 0 aromatic heterocycles. The Morgan fingerprint density at radius 1 is 1.50 bits per heavy atom. The van der Waals surface area contributed by atoms with Crippen molar-refractivity contribution in [3.05, 3.63) is 0 Å². The molecule has 11 nitrogen and oxygen atoms in total. The van der Waals surface area contributed by atoms with Crippen molar-refractivity contribution in [2.45, 2.75) is 38.2 Å². The molecule has 4 atom stereocenters. The highest BCUT2D eigenvalue weighted by molar-refractivity contribution is 6.02. The number of nitrogens with zero attached hydrogens (tertiary/aromatic N) is 3. The standard InChI is InChI=1S/C14H24N6O5.ClH/c1-7(2)9(15)13(23)24-4-8(3-21)25-6-20-5-17-10-11(20)18-14(16)19-12(10)22;/h5,7-11,21H,3-4,6,15H2,1-2H3,(H3,16,18,19,22);1H/t8?,9-,10?,11?;/m0./s1. The van der Waals surface area contributed by atoms with Crippen molar-refractivity contribution in [1.82, 2.24) is 10.2 Å². The highest BCUT2D eigenvalue weighted by Gasteiger charge is 2.39. The normalized spacial score (nSPS) is 23.7. The summed E-state index contributed by atoms with van der Waals surface area (Å²) in [5.41, 5.74) is 11.2. The van der Waals surface area contributed by atoms with Crippen molar-refractivity contribution in [3.8, 4) is 0 Å². The molecule has 0 spiro atoms. The molecule has 2 rings (SSSR count). The Kier molecular flexibility index (Phi) is 8.21. The summed E-state index contributed by atoms with van der Waals surface area (Å²) in [6.45, 7) is 3.12. The van der Waals surface area contributed by atoms with E-state index in [1.165, 1.54) is 6.34 Å². The zero-order valence-corrected chi connectivity index (χ0v) is 15.4. The molecule has 148 valence electrons. The molecule has 26 heavy (non-hydrogen) atoms. The van der Waals surface area contributed by atoms with Gasteiger partial charge in [-0.25, -0.2) is 4.99 Å². The van der Waals surface area contributed by atoms with E-state index in [0.717, 1.165) is 0 Å². The predicted octanol–water partition coefficient (Wildman–Crippen LogP) is -2.25. The number of carbonyl (C=O) groups is 2. The van der Waals surface area contributed by atoms with Gasteiger partial charge in [0.1, 0.15) is 25.5 Å². The molecule has 2 heterocycles. The number of fused-ring (bicyclic) bond motifs is 1. The second-order valence-corrected chi connectivity index (χ2v) is 6.14. The highest BCUT2D eigenvalue weighted by Crippen LogP contribution is 2.18. The van der Waals surface area contributed by atoms with Gasteiger partial charge in [0.2, 0.25) is 0 Å². The number of rotatable bonds is 8. The number of hydrogen-bond donors (Lipinski definition) is 4. The van der Waals surface area contributed by atoms with Crippen LogP contribution in [0.15, 0.2) is 9.98 Å². The minimum atomic E-state index is -0.741. The Labute approximate surface area is 157 Å². The molecular weight excluding hydrogens is 368 g/mol. The number of aliphatic hydroxyl groups excluding tert-OH is 1. The summed E-state index contributed by atoms with van der Waals surface area (Å²) < 4.78 is 10.6. The molecule has 0 radical (unpaired) electrons. The average molecular weight is 393 g/mol. The Morgan fingerprint density at radius 2 is 2.19 bits per heavy atom. The first-order valence-corrected chi connectivity index (χ1v) is 7.91. The van der Waals surface area contributed by atoms with Gasteiger partial charge in [0.05, 0.1) is 12.9 Å². The fourth-order valence-electron chi connectivity index (χ4n) is 2.21. The molecule has 0 bridgehead atoms. The second-order valence-electron chi connectivity index (χ2n) is 6.14. The first-order chi connectivity index (χ1) is 11.8. The number of nitrogens with one attached hydrogen (secondary N) is 1. The lowest BCUT2D eigenvalue weighted by Crippen LogP contribution is -2.54. The molecule has 0 aromatic carbocycles. The van der Waals surface area contributed by atoms with Gasteiger partial charge in [0, 0.05) is 0 Å². The van der Waals surface area contributed by atoms with E-state index in [-0.39, 0.29) is 50.1 Å². The zero-order valence-electron chi connectivity index (χ0n) is 14.6. The van der Waals surface area contributed by atoms with Gasteiger partial charge < -0.3 is 30.9 Å². The van der Waals surface area contributed by atoms with E-state index in [9.17, 15) is 14.7 Å². The summed E-state index contributed by atoms with van der Waals surface area (Å²) in [7, 11) is 0. The quantitative estimate of drug-likeness (QED) is 0.336. The lowest BCUT2D eigenvalue weighted by Gasteiger charge is -2.28. The number of esters is 1. The van der Waals surface area contributed by atoms with E-state index in [4.69, 9.17) is 20.9 Å². The summed E-state index contributed by atoms with van der Waals surface area (Å²) in [6, 6.07) is -1.42. The van der Waals surface area contributed by atoms with Gasteiger partial charge in [-0.1, -0.05) is 13.8 Å². The van der Waals surface area contributed by atoms with E-state index in [2.05, 4.69) is 15.3 Å². The van der Waals surface area contributed by atoms with Crippen molar-refractivity contribution in [2.24, 2.45) is 27.4 Å². The van der Waals surface area contributed by atoms with E-state index in [1.54, 1.807) is 4.90 Å². The summed E-state index contributed by atoms with van der Waals surface area (Å²) >= 11 is 0. The fourth-order valence-corrected chi connectivity index (χ4v) is 2.21. The third-order valence-corrected chi connectivity index (χ3v) is 3.85. The van der Waals surface area contributed by atoms with Crippen LogP contribution in [0.25, 0.3) is 0 Å². The molecule has 1 amide bonds. The predicted molar refractivity (Wildman–Crippen MR) is 95.5 cm³/mol. The first-order valence-electron chi connectivity index (χ1n) is 7.91. The van der Waals surface area contributed by atoms with Crippen LogP contribution in [0.2, 0.25) is 0 Å². The minimum Gasteiger partial charge on any atom is -0.462 e. The lowest BCUT2D eigenvalue weighted by atomic mass is 10.1. The van der Waals surface area contributed by atoms with Crippen molar-refractivity contribution < 1.29 is 24.2 Å². The summed E-state index contributed by atoms with van der Waals surface area (Å²) in [4.78, 5) is 33.2. The average Bonchev–Trinajstić information content (AvgIpc) is 2.97. The number of aliphatic hydroxyl groups is 1. The van der Waals surface area contributed by atoms with Gasteiger partial charge in [-0.3, -0.25) is 19.9 Å². The van der Waals surface area contributed by atoms with Crippen LogP contribution in [0, 0.1) is 5.92 Å². The molecule has 12 heteroatoms. The van der Waals surface area contributed by atoms with E-state index < -0.39 is 30.3 Å². The maximum atomic E-state index is 11.8. The number of guanidine groups is 1. The fraction of sp³-hybridized carbons (Fsp3) is 0.714. The van der Waals surface area contributed by atoms with Crippen LogP contribution in [-0.2, 0) is 19.1 Å². The second kappa shape index (κ2) is 9.67. The number of aliphatic imine (C=N–C) groups is 2. The smallest absolute Gasteiger partial charge is 0.323 e. The number of amides is 1. The maximum absolute atomic E-state index is 11.8. The van der Waals surface area contributed by atoms with Crippen molar-refractivity contribution in [2.75, 3.05) is 19.9 Å². The van der Waals surface area contributed by atoms with Crippen LogP contribution in [0.3, 0.4) is 0 Å². The monoisotopic (exact) mass is 392 g/mol. The first kappa shape index (κ1) is 22.1. The molecule has 0 fully saturated rings.